The molecule has 0 saturated carbocycles. The largest absolute Gasteiger partial charge is 0.383 e. The van der Waals surface area contributed by atoms with Crippen LogP contribution in [0.25, 0.3) is 0 Å². The first kappa shape index (κ1) is 18.6. The third-order valence-corrected chi connectivity index (χ3v) is 4.44. The number of pyridine rings is 1. The zero-order valence-electron chi connectivity index (χ0n) is 14.1. The molecule has 2 rings (SSSR count). The quantitative estimate of drug-likeness (QED) is 0.767. The average molecular weight is 364 g/mol. The number of halogens is 1. The minimum Gasteiger partial charge on any atom is -0.383 e. The van der Waals surface area contributed by atoms with Gasteiger partial charge in [-0.1, -0.05) is 23.7 Å². The highest BCUT2D eigenvalue weighted by atomic mass is 35.5. The number of methoxy groups -OCH3 is 1. The highest BCUT2D eigenvalue weighted by Crippen LogP contribution is 2.24. The van der Waals surface area contributed by atoms with Gasteiger partial charge in [0.1, 0.15) is 0 Å². The Morgan fingerprint density at radius 3 is 2.88 bits per heavy atom. The Bertz CT molecular complexity index is 681. The number of rotatable bonds is 6. The van der Waals surface area contributed by atoms with Gasteiger partial charge in [0.25, 0.3) is 0 Å². The maximum absolute atomic E-state index is 6.10. The van der Waals surface area contributed by atoms with E-state index in [1.54, 1.807) is 13.3 Å². The van der Waals surface area contributed by atoms with Crippen LogP contribution >= 0.6 is 23.8 Å². The molecule has 0 fully saturated rings. The molecule has 24 heavy (non-hydrogen) atoms. The van der Waals surface area contributed by atoms with Gasteiger partial charge in [0, 0.05) is 36.8 Å². The molecule has 1 aromatic carbocycles. The topological polar surface area (TPSA) is 37.4 Å². The zero-order valence-corrected chi connectivity index (χ0v) is 15.7. The van der Waals surface area contributed by atoms with Crippen molar-refractivity contribution < 1.29 is 4.74 Å². The third kappa shape index (κ3) is 4.90. The molecule has 0 bridgehead atoms. The van der Waals surface area contributed by atoms with Crippen LogP contribution in [0.15, 0.2) is 42.7 Å². The summed E-state index contributed by atoms with van der Waals surface area (Å²) in [5.41, 5.74) is 3.09. The molecule has 1 unspecified atom stereocenters. The Hall–Kier alpha value is -1.69. The Morgan fingerprint density at radius 2 is 2.21 bits per heavy atom. The molecule has 0 radical (unpaired) electrons. The van der Waals surface area contributed by atoms with Crippen molar-refractivity contribution in [1.82, 2.24) is 9.88 Å². The molecule has 6 heteroatoms. The van der Waals surface area contributed by atoms with Crippen LogP contribution in [0, 0.1) is 6.92 Å². The van der Waals surface area contributed by atoms with E-state index >= 15 is 0 Å². The van der Waals surface area contributed by atoms with Crippen molar-refractivity contribution in [2.45, 2.75) is 19.9 Å². The molecule has 0 aliphatic carbocycles. The predicted molar refractivity (Wildman–Crippen MR) is 104 cm³/mol. The number of aryl methyl sites for hydroxylation is 1. The van der Waals surface area contributed by atoms with E-state index in [1.807, 2.05) is 43.5 Å². The van der Waals surface area contributed by atoms with Gasteiger partial charge in [-0.25, -0.2) is 0 Å². The van der Waals surface area contributed by atoms with E-state index in [9.17, 15) is 0 Å². The molecule has 1 heterocycles. The lowest BCUT2D eigenvalue weighted by Gasteiger charge is -2.32. The van der Waals surface area contributed by atoms with Gasteiger partial charge in [-0.05, 0) is 55.4 Å². The molecular weight excluding hydrogens is 342 g/mol. The van der Waals surface area contributed by atoms with Crippen LogP contribution in [0.4, 0.5) is 5.69 Å². The summed E-state index contributed by atoms with van der Waals surface area (Å²) in [4.78, 5) is 6.29. The summed E-state index contributed by atoms with van der Waals surface area (Å²) in [6, 6.07) is 9.77. The SMILES string of the molecule is COCCN(C(=S)Nc1cc(Cl)ccc1C)C(C)c1cccnc1. The standard InChI is InChI=1S/C18H22ClN3OS/c1-13-6-7-16(19)11-17(13)21-18(24)22(9-10-23-3)14(2)15-5-4-8-20-12-15/h4-8,11-12,14H,9-10H2,1-3H3,(H,21,24). The molecule has 4 nitrogen and oxygen atoms in total. The van der Waals surface area contributed by atoms with Crippen molar-refractivity contribution in [3.63, 3.8) is 0 Å². The molecule has 1 N–H and O–H groups in total. The highest BCUT2D eigenvalue weighted by molar-refractivity contribution is 7.80. The number of nitrogens with zero attached hydrogens (tertiary/aromatic N) is 2. The number of nitrogens with one attached hydrogen (secondary N) is 1. The number of hydrogen-bond acceptors (Lipinski definition) is 3. The Kier molecular flexibility index (Phi) is 6.97. The number of hydrogen-bond donors (Lipinski definition) is 1. The van der Waals surface area contributed by atoms with Crippen molar-refractivity contribution >= 4 is 34.6 Å². The number of anilines is 1. The second-order valence-electron chi connectivity index (χ2n) is 5.54. The molecule has 0 amide bonds. The van der Waals surface area contributed by atoms with E-state index in [2.05, 4.69) is 22.1 Å². The van der Waals surface area contributed by atoms with E-state index in [0.717, 1.165) is 16.8 Å². The summed E-state index contributed by atoms with van der Waals surface area (Å²) in [5.74, 6) is 0. The molecule has 1 aromatic heterocycles. The van der Waals surface area contributed by atoms with E-state index < -0.39 is 0 Å². The van der Waals surface area contributed by atoms with Gasteiger partial charge in [-0.3, -0.25) is 4.98 Å². The monoisotopic (exact) mass is 363 g/mol. The smallest absolute Gasteiger partial charge is 0.174 e. The normalized spacial score (nSPS) is 11.8. The van der Waals surface area contributed by atoms with Gasteiger partial charge in [-0.15, -0.1) is 0 Å². The van der Waals surface area contributed by atoms with Crippen LogP contribution in [0.3, 0.4) is 0 Å². The fraction of sp³-hybridized carbons (Fsp3) is 0.333. The first-order valence-electron chi connectivity index (χ1n) is 7.75. The van der Waals surface area contributed by atoms with E-state index in [4.69, 9.17) is 28.6 Å². The molecular formula is C18H22ClN3OS. The third-order valence-electron chi connectivity index (χ3n) is 3.87. The molecule has 2 aromatic rings. The van der Waals surface area contributed by atoms with Crippen molar-refractivity contribution in [2.24, 2.45) is 0 Å². The summed E-state index contributed by atoms with van der Waals surface area (Å²) in [7, 11) is 1.69. The zero-order chi connectivity index (χ0) is 17.5. The summed E-state index contributed by atoms with van der Waals surface area (Å²) in [6.07, 6.45) is 3.62. The highest BCUT2D eigenvalue weighted by Gasteiger charge is 2.19. The number of benzene rings is 1. The minimum atomic E-state index is 0.0772. The van der Waals surface area contributed by atoms with Gasteiger partial charge >= 0.3 is 0 Å². The predicted octanol–water partition coefficient (Wildman–Crippen LogP) is 4.45. The second kappa shape index (κ2) is 8.97. The Morgan fingerprint density at radius 1 is 1.42 bits per heavy atom. The lowest BCUT2D eigenvalue weighted by molar-refractivity contribution is 0.165. The van der Waals surface area contributed by atoms with E-state index in [-0.39, 0.29) is 6.04 Å². The van der Waals surface area contributed by atoms with E-state index in [1.165, 1.54) is 0 Å². The second-order valence-corrected chi connectivity index (χ2v) is 6.36. The number of thiocarbonyl (C=S) groups is 1. The maximum Gasteiger partial charge on any atom is 0.174 e. The van der Waals surface area contributed by atoms with Gasteiger partial charge in [0.05, 0.1) is 12.6 Å². The van der Waals surface area contributed by atoms with Gasteiger partial charge in [0.15, 0.2) is 5.11 Å². The van der Waals surface area contributed by atoms with E-state index in [0.29, 0.717) is 23.3 Å². The van der Waals surface area contributed by atoms with Crippen LogP contribution in [0.2, 0.25) is 5.02 Å². The lowest BCUT2D eigenvalue weighted by atomic mass is 10.1. The fourth-order valence-corrected chi connectivity index (χ4v) is 2.91. The molecule has 0 spiro atoms. The summed E-state index contributed by atoms with van der Waals surface area (Å²) < 4.78 is 5.24. The summed E-state index contributed by atoms with van der Waals surface area (Å²) in [6.45, 7) is 5.38. The minimum absolute atomic E-state index is 0.0772. The Labute approximate surface area is 153 Å². The molecule has 128 valence electrons. The van der Waals surface area contributed by atoms with Gasteiger partial charge < -0.3 is 15.0 Å². The van der Waals surface area contributed by atoms with Crippen LogP contribution in [0.5, 0.6) is 0 Å². The van der Waals surface area contributed by atoms with Crippen molar-refractivity contribution in [2.75, 3.05) is 25.6 Å². The van der Waals surface area contributed by atoms with Crippen LogP contribution < -0.4 is 5.32 Å². The summed E-state index contributed by atoms with van der Waals surface area (Å²) in [5, 5.41) is 4.62. The number of ether oxygens (including phenoxy) is 1. The van der Waals surface area contributed by atoms with Crippen LogP contribution in [0.1, 0.15) is 24.1 Å². The maximum atomic E-state index is 6.10. The lowest BCUT2D eigenvalue weighted by Crippen LogP contribution is -2.39. The van der Waals surface area contributed by atoms with Crippen molar-refractivity contribution in [3.05, 3.63) is 58.9 Å². The average Bonchev–Trinajstić information content (AvgIpc) is 2.59. The first-order valence-corrected chi connectivity index (χ1v) is 8.54. The molecule has 1 atom stereocenters. The van der Waals surface area contributed by atoms with Crippen molar-refractivity contribution in [3.8, 4) is 0 Å². The summed E-state index contributed by atoms with van der Waals surface area (Å²) >= 11 is 11.7. The Balaban J connectivity index is 2.20. The fourth-order valence-electron chi connectivity index (χ4n) is 2.38. The van der Waals surface area contributed by atoms with Crippen molar-refractivity contribution in [1.29, 1.82) is 0 Å². The van der Waals surface area contributed by atoms with Gasteiger partial charge in [-0.2, -0.15) is 0 Å². The van der Waals surface area contributed by atoms with Gasteiger partial charge in [0.2, 0.25) is 0 Å². The molecule has 0 aliphatic heterocycles. The first-order chi connectivity index (χ1) is 11.5. The number of aromatic nitrogens is 1. The molecule has 0 aliphatic rings. The van der Waals surface area contributed by atoms with Crippen LogP contribution in [-0.4, -0.2) is 35.3 Å². The van der Waals surface area contributed by atoms with Crippen LogP contribution in [-0.2, 0) is 4.74 Å². The molecule has 0 saturated heterocycles.